The van der Waals surface area contributed by atoms with E-state index in [-0.39, 0.29) is 0 Å². The van der Waals surface area contributed by atoms with Crippen molar-refractivity contribution in [2.75, 3.05) is 23.4 Å². The zero-order valence-electron chi connectivity index (χ0n) is 16.0. The van der Waals surface area contributed by atoms with E-state index in [1.165, 1.54) is 4.90 Å². The summed E-state index contributed by atoms with van der Waals surface area (Å²) >= 11 is 3.26. The van der Waals surface area contributed by atoms with Gasteiger partial charge in [0, 0.05) is 34.5 Å². The molecule has 3 aromatic rings. The van der Waals surface area contributed by atoms with E-state index in [1.807, 2.05) is 43.5 Å². The largest absolute Gasteiger partial charge is 0.338 e. The minimum absolute atomic E-state index is 0.403. The van der Waals surface area contributed by atoms with E-state index in [0.717, 1.165) is 32.9 Å². The van der Waals surface area contributed by atoms with Gasteiger partial charge in [-0.25, -0.2) is 0 Å². The summed E-state index contributed by atoms with van der Waals surface area (Å²) in [6.07, 6.45) is 3.72. The zero-order chi connectivity index (χ0) is 20.1. The molecule has 0 fully saturated rings. The zero-order valence-corrected chi connectivity index (χ0v) is 17.6. The van der Waals surface area contributed by atoms with E-state index in [1.54, 1.807) is 23.5 Å². The first-order chi connectivity index (χ1) is 14.1. The first kappa shape index (κ1) is 18.3. The van der Waals surface area contributed by atoms with Crippen LogP contribution in [0.5, 0.6) is 0 Å². The Morgan fingerprint density at radius 1 is 0.793 bits per heavy atom. The quantitative estimate of drug-likeness (QED) is 0.572. The van der Waals surface area contributed by atoms with Gasteiger partial charge < -0.3 is 9.80 Å². The van der Waals surface area contributed by atoms with Crippen LogP contribution in [0.2, 0.25) is 0 Å². The molecular weight excluding hydrogens is 400 g/mol. The van der Waals surface area contributed by atoms with Crippen molar-refractivity contribution in [3.05, 3.63) is 90.2 Å². The van der Waals surface area contributed by atoms with Gasteiger partial charge >= 0.3 is 0 Å². The van der Waals surface area contributed by atoms with Crippen LogP contribution in [-0.2, 0) is 0 Å². The number of fused-ring (bicyclic) bond motifs is 2. The normalized spacial score (nSPS) is 18.1. The van der Waals surface area contributed by atoms with Crippen LogP contribution in [-0.4, -0.2) is 13.6 Å². The number of hydrogen-bond donors (Lipinski definition) is 0. The molecule has 0 saturated heterocycles. The molecule has 0 saturated carbocycles. The van der Waals surface area contributed by atoms with Crippen LogP contribution in [0, 0.1) is 0 Å². The van der Waals surface area contributed by atoms with Gasteiger partial charge in [-0.05, 0) is 43.3 Å². The molecule has 0 atom stereocenters. The molecule has 2 heterocycles. The first-order valence-electron chi connectivity index (χ1n) is 9.40. The number of nitrogens with zero attached hydrogens (tertiary/aromatic N) is 2. The molecule has 0 radical (unpaired) electrons. The summed E-state index contributed by atoms with van der Waals surface area (Å²) in [5.41, 5.74) is 2.45. The average Bonchev–Trinajstić information content (AvgIpc) is 3.27. The van der Waals surface area contributed by atoms with Crippen molar-refractivity contribution in [3.8, 4) is 0 Å². The lowest BCUT2D eigenvalue weighted by Gasteiger charge is -2.18. The Bertz CT molecular complexity index is 1270. The second-order valence-corrected chi connectivity index (χ2v) is 9.02. The molecule has 2 aliphatic heterocycles. The summed E-state index contributed by atoms with van der Waals surface area (Å²) in [4.78, 5) is 31.3. The number of hydrogen-bond acceptors (Lipinski definition) is 6. The highest BCUT2D eigenvalue weighted by atomic mass is 32.2. The Balaban J connectivity index is 1.53. The molecule has 0 spiro atoms. The number of thioether (sulfide) groups is 2. The summed E-state index contributed by atoms with van der Waals surface area (Å²) in [6, 6.07) is 16.3. The average molecular weight is 419 g/mol. The summed E-state index contributed by atoms with van der Waals surface area (Å²) in [5.74, 6) is 0. The number of para-hydroxylation sites is 2. The predicted octanol–water partition coefficient (Wildman–Crippen LogP) is 4.75. The molecule has 0 aromatic heterocycles. The molecule has 29 heavy (non-hydrogen) atoms. The van der Waals surface area contributed by atoms with Gasteiger partial charge in [0.15, 0.2) is 0 Å². The lowest BCUT2D eigenvalue weighted by atomic mass is 10.0. The lowest BCUT2D eigenvalue weighted by molar-refractivity contribution is 1.01. The molecule has 0 bridgehead atoms. The Morgan fingerprint density at radius 2 is 1.31 bits per heavy atom. The van der Waals surface area contributed by atoms with Crippen LogP contribution in [0.3, 0.4) is 0 Å². The van der Waals surface area contributed by atoms with Crippen molar-refractivity contribution in [2.24, 2.45) is 0 Å². The van der Waals surface area contributed by atoms with E-state index in [4.69, 9.17) is 0 Å². The molecule has 0 amide bonds. The van der Waals surface area contributed by atoms with Crippen LogP contribution in [0.4, 0.5) is 11.4 Å². The molecule has 2 aliphatic rings. The lowest BCUT2D eigenvalue weighted by Crippen LogP contribution is -2.37. The smallest absolute Gasteiger partial charge is 0.234 e. The summed E-state index contributed by atoms with van der Waals surface area (Å²) in [5, 5.41) is 1.93. The van der Waals surface area contributed by atoms with Gasteiger partial charge in [-0.1, -0.05) is 47.8 Å². The maximum Gasteiger partial charge on any atom is 0.234 e. The summed E-state index contributed by atoms with van der Waals surface area (Å²) in [6.45, 7) is 2.89. The fourth-order valence-electron chi connectivity index (χ4n) is 3.69. The minimum atomic E-state index is -0.405. The van der Waals surface area contributed by atoms with E-state index in [2.05, 4.69) is 41.0 Å². The molecule has 0 aliphatic carbocycles. The fourth-order valence-corrected chi connectivity index (χ4v) is 5.96. The molecule has 0 N–H and O–H groups in total. The second kappa shape index (κ2) is 6.97. The van der Waals surface area contributed by atoms with E-state index in [0.29, 0.717) is 11.1 Å². The highest BCUT2D eigenvalue weighted by molar-refractivity contribution is 8.04. The Kier molecular flexibility index (Phi) is 4.41. The number of anilines is 2. The first-order valence-corrected chi connectivity index (χ1v) is 11.0. The van der Waals surface area contributed by atoms with Gasteiger partial charge in [-0.15, -0.1) is 0 Å². The van der Waals surface area contributed by atoms with Crippen LogP contribution >= 0.6 is 23.5 Å². The third-order valence-electron chi connectivity index (χ3n) is 5.25. The molecule has 5 rings (SSSR count). The molecule has 6 heteroatoms. The standard InChI is InChI=1S/C23H18N2O2S2/c1-3-25-17-9-5-7-11-19(17)29-21(25)13-15-14(22(26)23(15)27)12-20-24(2)16-8-4-6-10-18(16)28-20/h4-13H,3H2,1-2H3/b20-12-,21-13-. The van der Waals surface area contributed by atoms with Gasteiger partial charge in [0.1, 0.15) is 0 Å². The fraction of sp³-hybridized carbons (Fsp3) is 0.130. The van der Waals surface area contributed by atoms with E-state index < -0.39 is 10.9 Å². The van der Waals surface area contributed by atoms with Gasteiger partial charge in [0.2, 0.25) is 10.9 Å². The molecule has 4 nitrogen and oxygen atoms in total. The molecule has 3 aromatic carbocycles. The highest BCUT2D eigenvalue weighted by Gasteiger charge is 2.28. The Labute approximate surface area is 177 Å². The Hall–Kier alpha value is -2.70. The third-order valence-corrected chi connectivity index (χ3v) is 7.52. The van der Waals surface area contributed by atoms with Crippen molar-refractivity contribution in [1.29, 1.82) is 0 Å². The molecule has 0 unspecified atom stereocenters. The topological polar surface area (TPSA) is 40.6 Å². The van der Waals surface area contributed by atoms with Crippen LogP contribution in [0.25, 0.3) is 12.2 Å². The van der Waals surface area contributed by atoms with Crippen molar-refractivity contribution < 1.29 is 0 Å². The van der Waals surface area contributed by atoms with Crippen LogP contribution in [0.1, 0.15) is 18.1 Å². The van der Waals surface area contributed by atoms with Gasteiger partial charge in [-0.2, -0.15) is 0 Å². The SMILES string of the molecule is CCN1/C(=C/c2c(/C=C3\Sc4ccccc4N3C)c(=O)c2=O)Sc2ccccc21. The van der Waals surface area contributed by atoms with Crippen LogP contribution < -0.4 is 20.7 Å². The van der Waals surface area contributed by atoms with Gasteiger partial charge in [0.05, 0.1) is 21.4 Å². The second-order valence-electron chi connectivity index (χ2n) is 6.89. The highest BCUT2D eigenvalue weighted by Crippen LogP contribution is 2.47. The van der Waals surface area contributed by atoms with Crippen molar-refractivity contribution >= 4 is 47.1 Å². The van der Waals surface area contributed by atoms with Crippen molar-refractivity contribution in [3.63, 3.8) is 0 Å². The van der Waals surface area contributed by atoms with E-state index >= 15 is 0 Å². The minimum Gasteiger partial charge on any atom is -0.338 e. The van der Waals surface area contributed by atoms with Crippen LogP contribution in [0.15, 0.2) is 78.0 Å². The maximum atomic E-state index is 12.4. The molecular formula is C23H18N2O2S2. The number of rotatable bonds is 3. The van der Waals surface area contributed by atoms with Gasteiger partial charge in [0.25, 0.3) is 0 Å². The maximum absolute atomic E-state index is 12.4. The summed E-state index contributed by atoms with van der Waals surface area (Å²) in [7, 11) is 1.98. The summed E-state index contributed by atoms with van der Waals surface area (Å²) < 4.78 is 0. The van der Waals surface area contributed by atoms with Crippen molar-refractivity contribution in [2.45, 2.75) is 16.7 Å². The molecule has 144 valence electrons. The predicted molar refractivity (Wildman–Crippen MR) is 123 cm³/mol. The van der Waals surface area contributed by atoms with Gasteiger partial charge in [-0.3, -0.25) is 9.59 Å². The number of benzene rings is 2. The monoisotopic (exact) mass is 418 g/mol. The Morgan fingerprint density at radius 3 is 1.93 bits per heavy atom. The van der Waals surface area contributed by atoms with Crippen molar-refractivity contribution in [1.82, 2.24) is 0 Å². The van der Waals surface area contributed by atoms with E-state index in [9.17, 15) is 9.59 Å². The third kappa shape index (κ3) is 2.86.